The Balaban J connectivity index is 1.35. The lowest BCUT2D eigenvalue weighted by Gasteiger charge is -2.08. The summed E-state index contributed by atoms with van der Waals surface area (Å²) in [4.78, 5) is 0. The molecule has 0 amide bonds. The number of hydrogen-bond donors (Lipinski definition) is 0. The van der Waals surface area contributed by atoms with Crippen molar-refractivity contribution < 1.29 is 0 Å². The van der Waals surface area contributed by atoms with Crippen LogP contribution in [0.3, 0.4) is 0 Å². The second-order valence-corrected chi connectivity index (χ2v) is 7.39. The molecule has 0 atom stereocenters. The first-order valence-corrected chi connectivity index (χ1v) is 10.2. The molecule has 0 N–H and O–H groups in total. The van der Waals surface area contributed by atoms with Crippen LogP contribution in [-0.2, 0) is 0 Å². The standard InChI is InChI=1S/C30H21/c1-3-7-23(8-4-1)25-11-15-27(16-12-25)29-19-21-30(22-20-29)28-17-13-26(14-18-28)24-9-5-2-6-10-24/h1,3-22H. The number of benzene rings is 5. The molecule has 0 aromatic heterocycles. The first-order chi connectivity index (χ1) is 14.9. The summed E-state index contributed by atoms with van der Waals surface area (Å²) in [7, 11) is 0. The highest BCUT2D eigenvalue weighted by atomic mass is 14.1. The Bertz CT molecular complexity index is 1110. The van der Waals surface area contributed by atoms with Crippen LogP contribution in [0.25, 0.3) is 44.5 Å². The van der Waals surface area contributed by atoms with Gasteiger partial charge in [0, 0.05) is 0 Å². The molecule has 0 bridgehead atoms. The highest BCUT2D eigenvalue weighted by Crippen LogP contribution is 2.28. The molecule has 0 fully saturated rings. The monoisotopic (exact) mass is 381 g/mol. The first kappa shape index (κ1) is 18.1. The van der Waals surface area contributed by atoms with Gasteiger partial charge in [-0.1, -0.05) is 127 Å². The maximum atomic E-state index is 3.07. The fourth-order valence-corrected chi connectivity index (χ4v) is 3.78. The maximum absolute atomic E-state index is 3.07. The molecular formula is C30H21. The van der Waals surface area contributed by atoms with Gasteiger partial charge in [0.05, 0.1) is 0 Å². The molecule has 0 heterocycles. The van der Waals surface area contributed by atoms with Gasteiger partial charge < -0.3 is 0 Å². The van der Waals surface area contributed by atoms with Crippen LogP contribution in [-0.4, -0.2) is 0 Å². The van der Waals surface area contributed by atoms with E-state index >= 15 is 0 Å². The van der Waals surface area contributed by atoms with E-state index in [0.717, 1.165) is 0 Å². The molecule has 0 saturated carbocycles. The molecule has 0 aliphatic carbocycles. The quantitative estimate of drug-likeness (QED) is 0.294. The van der Waals surface area contributed by atoms with Crippen LogP contribution in [0.2, 0.25) is 0 Å². The average molecular weight is 381 g/mol. The number of rotatable bonds is 4. The van der Waals surface area contributed by atoms with Crippen LogP contribution in [0.4, 0.5) is 0 Å². The second kappa shape index (κ2) is 8.23. The molecular weight excluding hydrogens is 360 g/mol. The van der Waals surface area contributed by atoms with E-state index in [1.807, 2.05) is 18.2 Å². The van der Waals surface area contributed by atoms with Gasteiger partial charge in [0.1, 0.15) is 0 Å². The molecule has 5 aromatic carbocycles. The summed E-state index contributed by atoms with van der Waals surface area (Å²) in [6.07, 6.45) is 0. The van der Waals surface area contributed by atoms with Gasteiger partial charge in [-0.25, -0.2) is 0 Å². The van der Waals surface area contributed by atoms with Gasteiger partial charge in [0.2, 0.25) is 0 Å². The van der Waals surface area contributed by atoms with E-state index in [1.54, 1.807) is 0 Å². The highest BCUT2D eigenvalue weighted by molar-refractivity contribution is 5.74. The summed E-state index contributed by atoms with van der Waals surface area (Å²) in [6.45, 7) is 0. The van der Waals surface area contributed by atoms with E-state index in [1.165, 1.54) is 44.5 Å². The molecule has 30 heavy (non-hydrogen) atoms. The lowest BCUT2D eigenvalue weighted by molar-refractivity contribution is 1.57. The molecule has 5 rings (SSSR count). The average Bonchev–Trinajstić information content (AvgIpc) is 2.85. The SMILES string of the molecule is [c]1ccc(-c2ccc(-c3ccc(-c4ccc(-c5ccccc5)cc4)cc3)cc2)cc1. The van der Waals surface area contributed by atoms with Crippen LogP contribution >= 0.6 is 0 Å². The van der Waals surface area contributed by atoms with Gasteiger partial charge in [-0.05, 0) is 50.6 Å². The third-order valence-electron chi connectivity index (χ3n) is 5.48. The molecule has 141 valence electrons. The minimum absolute atomic E-state index is 1.22. The van der Waals surface area contributed by atoms with E-state index in [9.17, 15) is 0 Å². The van der Waals surface area contributed by atoms with Gasteiger partial charge >= 0.3 is 0 Å². The summed E-state index contributed by atoms with van der Waals surface area (Å²) in [5.74, 6) is 0. The largest absolute Gasteiger partial charge is 0.0622 e. The molecule has 5 aromatic rings. The van der Waals surface area contributed by atoms with E-state index in [4.69, 9.17) is 0 Å². The molecule has 0 unspecified atom stereocenters. The van der Waals surface area contributed by atoms with Gasteiger partial charge in [-0.15, -0.1) is 0 Å². The van der Waals surface area contributed by atoms with Crippen LogP contribution in [0.1, 0.15) is 0 Å². The summed E-state index contributed by atoms with van der Waals surface area (Å²) >= 11 is 0. The molecule has 0 aliphatic heterocycles. The van der Waals surface area contributed by atoms with Crippen LogP contribution < -0.4 is 0 Å². The van der Waals surface area contributed by atoms with Crippen molar-refractivity contribution in [3.05, 3.63) is 133 Å². The Morgan fingerprint density at radius 2 is 0.533 bits per heavy atom. The topological polar surface area (TPSA) is 0 Å². The normalized spacial score (nSPS) is 10.7. The van der Waals surface area contributed by atoms with E-state index in [0.29, 0.717) is 0 Å². The van der Waals surface area contributed by atoms with Crippen LogP contribution in [0.15, 0.2) is 127 Å². The third-order valence-corrected chi connectivity index (χ3v) is 5.48. The second-order valence-electron chi connectivity index (χ2n) is 7.39. The fourth-order valence-electron chi connectivity index (χ4n) is 3.78. The van der Waals surface area contributed by atoms with Crippen LogP contribution in [0, 0.1) is 6.07 Å². The van der Waals surface area contributed by atoms with Crippen molar-refractivity contribution in [1.82, 2.24) is 0 Å². The van der Waals surface area contributed by atoms with Crippen molar-refractivity contribution in [2.24, 2.45) is 0 Å². The molecule has 0 saturated heterocycles. The van der Waals surface area contributed by atoms with Crippen molar-refractivity contribution in [2.45, 2.75) is 0 Å². The third kappa shape index (κ3) is 3.81. The van der Waals surface area contributed by atoms with Crippen molar-refractivity contribution in [3.63, 3.8) is 0 Å². The zero-order chi connectivity index (χ0) is 20.2. The Morgan fingerprint density at radius 3 is 0.867 bits per heavy atom. The molecule has 1 radical (unpaired) electrons. The Kier molecular flexibility index (Phi) is 4.98. The van der Waals surface area contributed by atoms with Crippen LogP contribution in [0.5, 0.6) is 0 Å². The molecule has 0 spiro atoms. The Morgan fingerprint density at radius 1 is 0.267 bits per heavy atom. The lowest BCUT2D eigenvalue weighted by Crippen LogP contribution is -1.83. The predicted octanol–water partition coefficient (Wildman–Crippen LogP) is 8.15. The summed E-state index contributed by atoms with van der Waals surface area (Å²) < 4.78 is 0. The fraction of sp³-hybridized carbons (Fsp3) is 0. The van der Waals surface area contributed by atoms with Gasteiger partial charge in [0.15, 0.2) is 0 Å². The van der Waals surface area contributed by atoms with Gasteiger partial charge in [-0.3, -0.25) is 0 Å². The summed E-state index contributed by atoms with van der Waals surface area (Å²) in [5.41, 5.74) is 9.86. The Hall–Kier alpha value is -3.90. The van der Waals surface area contributed by atoms with Crippen molar-refractivity contribution in [3.8, 4) is 44.5 Å². The van der Waals surface area contributed by atoms with Gasteiger partial charge in [0.25, 0.3) is 0 Å². The van der Waals surface area contributed by atoms with Gasteiger partial charge in [-0.2, -0.15) is 0 Å². The molecule has 0 nitrogen and oxygen atoms in total. The van der Waals surface area contributed by atoms with E-state index in [2.05, 4.69) is 115 Å². The van der Waals surface area contributed by atoms with Crippen molar-refractivity contribution >= 4 is 0 Å². The highest BCUT2D eigenvalue weighted by Gasteiger charge is 2.03. The smallest absolute Gasteiger partial charge is 0.0184 e. The zero-order valence-corrected chi connectivity index (χ0v) is 16.6. The van der Waals surface area contributed by atoms with Crippen molar-refractivity contribution in [1.29, 1.82) is 0 Å². The lowest BCUT2D eigenvalue weighted by atomic mass is 9.97. The zero-order valence-electron chi connectivity index (χ0n) is 16.6. The first-order valence-electron chi connectivity index (χ1n) is 10.2. The maximum Gasteiger partial charge on any atom is -0.0184 e. The summed E-state index contributed by atoms with van der Waals surface area (Å²) in [5, 5.41) is 0. The molecule has 0 aliphatic rings. The Labute approximate surface area is 178 Å². The van der Waals surface area contributed by atoms with E-state index in [-0.39, 0.29) is 0 Å². The number of hydrogen-bond acceptors (Lipinski definition) is 0. The molecule has 0 heteroatoms. The van der Waals surface area contributed by atoms with Crippen molar-refractivity contribution in [2.75, 3.05) is 0 Å². The summed E-state index contributed by atoms with van der Waals surface area (Å²) in [6, 6.07) is 48.0. The minimum Gasteiger partial charge on any atom is -0.0622 e. The van der Waals surface area contributed by atoms with E-state index < -0.39 is 0 Å². The minimum atomic E-state index is 1.22. The predicted molar refractivity (Wildman–Crippen MR) is 127 cm³/mol.